The number of benzene rings is 7. The highest BCUT2D eigenvalue weighted by atomic mass is 31.2. The predicted octanol–water partition coefficient (Wildman–Crippen LogP) is 9.97. The first kappa shape index (κ1) is 25.7. The monoisotopic (exact) mass is 569 g/mol. The third-order valence-corrected chi connectivity index (χ3v) is 11.2. The van der Waals surface area contributed by atoms with Crippen molar-refractivity contribution in [3.05, 3.63) is 152 Å². The number of hydrogen-bond donors (Lipinski definition) is 0. The van der Waals surface area contributed by atoms with Gasteiger partial charge in [0.15, 0.2) is 0 Å². The van der Waals surface area contributed by atoms with Gasteiger partial charge in [-0.3, -0.25) is 0 Å². The van der Waals surface area contributed by atoms with Crippen LogP contribution in [-0.2, 0) is 4.57 Å². The Bertz CT molecular complexity index is 2300. The van der Waals surface area contributed by atoms with Crippen LogP contribution in [0.1, 0.15) is 0 Å². The Morgan fingerprint density at radius 3 is 1.60 bits per heavy atom. The van der Waals surface area contributed by atoms with Gasteiger partial charge in [-0.25, -0.2) is 4.98 Å². The van der Waals surface area contributed by atoms with E-state index in [0.717, 1.165) is 59.9 Å². The van der Waals surface area contributed by atoms with Crippen molar-refractivity contribution in [1.29, 1.82) is 0 Å². The average molecular weight is 570 g/mol. The third kappa shape index (κ3) is 4.26. The molecule has 0 bridgehead atoms. The van der Waals surface area contributed by atoms with Crippen LogP contribution in [0.4, 0.5) is 0 Å². The lowest BCUT2D eigenvalue weighted by molar-refractivity contribution is 0.590. The first-order valence-corrected chi connectivity index (χ1v) is 16.7. The lowest BCUT2D eigenvalue weighted by Crippen LogP contribution is -2.14. The summed E-state index contributed by atoms with van der Waals surface area (Å²) >= 11 is 0. The summed E-state index contributed by atoms with van der Waals surface area (Å²) in [5.74, 6) is 0. The summed E-state index contributed by atoms with van der Waals surface area (Å²) in [7, 11) is -2.73. The molecule has 0 amide bonds. The maximum atomic E-state index is 14.0. The van der Waals surface area contributed by atoms with Crippen molar-refractivity contribution in [2.45, 2.75) is 0 Å². The highest BCUT2D eigenvalue weighted by molar-refractivity contribution is 7.78. The molecule has 0 radical (unpaired) electrons. The zero-order chi connectivity index (χ0) is 29.0. The normalized spacial score (nSPS) is 13.0. The number of hydrogen-bond acceptors (Lipinski definition) is 2. The van der Waals surface area contributed by atoms with Crippen LogP contribution in [0.2, 0.25) is 0 Å². The minimum absolute atomic E-state index is 0.861. The van der Waals surface area contributed by atoms with Gasteiger partial charge in [0.25, 0.3) is 0 Å². The summed E-state index contributed by atoms with van der Waals surface area (Å²) in [5, 5.41) is 8.67. The van der Waals surface area contributed by atoms with E-state index in [0.29, 0.717) is 0 Å². The zero-order valence-electron chi connectivity index (χ0n) is 23.7. The van der Waals surface area contributed by atoms with Crippen molar-refractivity contribution in [1.82, 2.24) is 4.98 Å². The Kier molecular flexibility index (Phi) is 6.00. The molecule has 0 fully saturated rings. The Morgan fingerprint density at radius 1 is 0.442 bits per heavy atom. The van der Waals surface area contributed by atoms with Gasteiger partial charge in [0.05, 0.1) is 11.0 Å². The van der Waals surface area contributed by atoms with Gasteiger partial charge in [-0.2, -0.15) is 0 Å². The van der Waals surface area contributed by atoms with E-state index in [4.69, 9.17) is 4.98 Å². The molecule has 0 saturated carbocycles. The van der Waals surface area contributed by atoms with E-state index in [-0.39, 0.29) is 0 Å². The fourth-order valence-corrected chi connectivity index (χ4v) is 8.18. The Morgan fingerprint density at radius 2 is 0.953 bits per heavy atom. The molecule has 43 heavy (non-hydrogen) atoms. The largest absolute Gasteiger partial charge is 0.314 e. The second-order valence-electron chi connectivity index (χ2n) is 11.2. The molecule has 2 nitrogen and oxygen atoms in total. The molecule has 0 N–H and O–H groups in total. The van der Waals surface area contributed by atoms with E-state index in [1.165, 1.54) is 16.3 Å². The molecular formula is C40H28NOP. The SMILES string of the molecule is CP(=O)(c1ccccc1)c1cccc(-c2cccc(-c3c4ccc5ccccc5c4nc4c3ccc3ccccc34)c2)c1. The van der Waals surface area contributed by atoms with Crippen LogP contribution in [0.5, 0.6) is 0 Å². The summed E-state index contributed by atoms with van der Waals surface area (Å²) in [4.78, 5) is 5.34. The number of nitrogens with zero attached hydrogens (tertiary/aromatic N) is 1. The van der Waals surface area contributed by atoms with Crippen LogP contribution in [0, 0.1) is 0 Å². The van der Waals surface area contributed by atoms with Crippen molar-refractivity contribution in [3.63, 3.8) is 0 Å². The molecular weight excluding hydrogens is 541 g/mol. The fourth-order valence-electron chi connectivity index (χ4n) is 6.39. The maximum Gasteiger partial charge on any atom is 0.140 e. The van der Waals surface area contributed by atoms with Crippen LogP contribution >= 0.6 is 7.14 Å². The topological polar surface area (TPSA) is 30.0 Å². The van der Waals surface area contributed by atoms with E-state index in [1.807, 2.05) is 49.1 Å². The molecule has 3 heteroatoms. The van der Waals surface area contributed by atoms with E-state index in [9.17, 15) is 4.57 Å². The number of fused-ring (bicyclic) bond motifs is 6. The van der Waals surface area contributed by atoms with Gasteiger partial charge in [0.1, 0.15) is 7.14 Å². The molecule has 0 spiro atoms. The van der Waals surface area contributed by atoms with Crippen LogP contribution in [0.3, 0.4) is 0 Å². The number of aromatic nitrogens is 1. The minimum atomic E-state index is -2.73. The van der Waals surface area contributed by atoms with Gasteiger partial charge >= 0.3 is 0 Å². The lowest BCUT2D eigenvalue weighted by atomic mass is 9.91. The van der Waals surface area contributed by atoms with Gasteiger partial charge in [-0.05, 0) is 46.3 Å². The molecule has 0 saturated heterocycles. The number of rotatable bonds is 4. The molecule has 8 rings (SSSR count). The Hall–Kier alpha value is -5.04. The van der Waals surface area contributed by atoms with E-state index in [2.05, 4.69) is 109 Å². The van der Waals surface area contributed by atoms with Gasteiger partial charge in [0.2, 0.25) is 0 Å². The quantitative estimate of drug-likeness (QED) is 0.120. The second kappa shape index (κ2) is 10.1. The van der Waals surface area contributed by atoms with E-state index < -0.39 is 7.14 Å². The average Bonchev–Trinajstić information content (AvgIpc) is 3.07. The highest BCUT2D eigenvalue weighted by Gasteiger charge is 2.21. The number of pyridine rings is 1. The molecule has 0 aliphatic rings. The summed E-state index contributed by atoms with van der Waals surface area (Å²) in [6.07, 6.45) is 0. The van der Waals surface area contributed by atoms with Crippen molar-refractivity contribution >= 4 is 61.1 Å². The highest BCUT2D eigenvalue weighted by Crippen LogP contribution is 2.42. The lowest BCUT2D eigenvalue weighted by Gasteiger charge is -2.17. The smallest absolute Gasteiger partial charge is 0.140 e. The van der Waals surface area contributed by atoms with Crippen molar-refractivity contribution < 1.29 is 4.57 Å². The maximum absolute atomic E-state index is 14.0. The third-order valence-electron chi connectivity index (χ3n) is 8.64. The summed E-state index contributed by atoms with van der Waals surface area (Å²) in [6.45, 7) is 1.86. The molecule has 8 aromatic rings. The molecule has 0 aliphatic heterocycles. The zero-order valence-corrected chi connectivity index (χ0v) is 24.6. The van der Waals surface area contributed by atoms with Crippen molar-refractivity contribution in [3.8, 4) is 22.3 Å². The van der Waals surface area contributed by atoms with Crippen LogP contribution in [-0.4, -0.2) is 11.6 Å². The van der Waals surface area contributed by atoms with E-state index >= 15 is 0 Å². The Balaban J connectivity index is 1.37. The van der Waals surface area contributed by atoms with Crippen molar-refractivity contribution in [2.75, 3.05) is 6.66 Å². The molecule has 1 atom stereocenters. The van der Waals surface area contributed by atoms with Crippen LogP contribution in [0.25, 0.3) is 65.6 Å². The van der Waals surface area contributed by atoms with Gasteiger partial charge in [0, 0.05) is 37.7 Å². The molecule has 7 aromatic carbocycles. The first-order valence-electron chi connectivity index (χ1n) is 14.6. The predicted molar refractivity (Wildman–Crippen MR) is 184 cm³/mol. The molecule has 1 heterocycles. The summed E-state index contributed by atoms with van der Waals surface area (Å²) in [6, 6.07) is 52.5. The minimum Gasteiger partial charge on any atom is -0.314 e. The molecule has 1 unspecified atom stereocenters. The van der Waals surface area contributed by atoms with Crippen molar-refractivity contribution in [2.24, 2.45) is 0 Å². The van der Waals surface area contributed by atoms with Gasteiger partial charge in [-0.15, -0.1) is 0 Å². The van der Waals surface area contributed by atoms with Crippen LogP contribution in [0.15, 0.2) is 152 Å². The summed E-state index contributed by atoms with van der Waals surface area (Å²) in [5.41, 5.74) is 6.48. The molecule has 0 aliphatic carbocycles. The Labute approximate surface area is 250 Å². The fraction of sp³-hybridized carbons (Fsp3) is 0.0250. The first-order chi connectivity index (χ1) is 21.1. The van der Waals surface area contributed by atoms with E-state index in [1.54, 1.807) is 0 Å². The van der Waals surface area contributed by atoms with Crippen LogP contribution < -0.4 is 10.6 Å². The second-order valence-corrected chi connectivity index (χ2v) is 14.1. The van der Waals surface area contributed by atoms with Gasteiger partial charge in [-0.1, -0.05) is 140 Å². The summed E-state index contributed by atoms with van der Waals surface area (Å²) < 4.78 is 14.0. The standard InChI is InChI=1S/C40H28NOP/c1-43(42,32-16-3-2-4-17-32)33-18-10-14-30(26-33)29-13-9-15-31(25-29)38-36-23-21-27-11-5-7-19-34(27)39(36)41-40-35-20-8-6-12-28(35)22-24-37(38)40/h2-26H,1H3. The van der Waals surface area contributed by atoms with Gasteiger partial charge < -0.3 is 4.57 Å². The molecule has 1 aromatic heterocycles. The molecule has 204 valence electrons.